The molecule has 0 unspecified atom stereocenters. The minimum Gasteiger partial charge on any atom is -0.497 e. The zero-order chi connectivity index (χ0) is 18.7. The Morgan fingerprint density at radius 3 is 2.27 bits per heavy atom. The molecular formula is C19H18N2O5. The van der Waals surface area contributed by atoms with E-state index in [0.29, 0.717) is 17.2 Å². The second kappa shape index (κ2) is 7.26. The highest BCUT2D eigenvalue weighted by Gasteiger charge is 2.45. The molecule has 1 saturated heterocycles. The van der Waals surface area contributed by atoms with Crippen molar-refractivity contribution in [3.8, 4) is 11.5 Å². The van der Waals surface area contributed by atoms with Crippen LogP contribution in [-0.2, 0) is 9.59 Å². The number of carbonyl (C=O) groups excluding carboxylic acids is 3. The molecule has 1 aliphatic rings. The summed E-state index contributed by atoms with van der Waals surface area (Å²) in [7, 11) is 1.51. The van der Waals surface area contributed by atoms with Crippen molar-refractivity contribution in [2.75, 3.05) is 25.2 Å². The lowest BCUT2D eigenvalue weighted by atomic mass is 10.2. The lowest BCUT2D eigenvalue weighted by molar-refractivity contribution is -0.139. The number of benzene rings is 2. The molecule has 1 fully saturated rings. The molecule has 0 aliphatic carbocycles. The molecule has 7 nitrogen and oxygen atoms in total. The molecule has 0 spiro atoms. The first kappa shape index (κ1) is 17.5. The lowest BCUT2D eigenvalue weighted by Gasteiger charge is -2.16. The lowest BCUT2D eigenvalue weighted by Crippen LogP contribution is -2.36. The Labute approximate surface area is 150 Å². The number of imide groups is 2. The van der Waals surface area contributed by atoms with Crippen molar-refractivity contribution in [1.82, 2.24) is 4.90 Å². The largest absolute Gasteiger partial charge is 0.497 e. The van der Waals surface area contributed by atoms with Crippen LogP contribution in [0.25, 0.3) is 0 Å². The Morgan fingerprint density at radius 1 is 0.923 bits per heavy atom. The summed E-state index contributed by atoms with van der Waals surface area (Å²) in [6, 6.07) is 13.1. The average Bonchev–Trinajstić information content (AvgIpc) is 2.86. The number of methoxy groups -OCH3 is 1. The Morgan fingerprint density at radius 2 is 1.62 bits per heavy atom. The van der Waals surface area contributed by atoms with E-state index in [1.54, 1.807) is 30.3 Å². The molecule has 0 aromatic heterocycles. The minimum atomic E-state index is -0.879. The van der Waals surface area contributed by atoms with Gasteiger partial charge in [-0.1, -0.05) is 18.2 Å². The fourth-order valence-corrected chi connectivity index (χ4v) is 2.63. The van der Waals surface area contributed by atoms with Crippen molar-refractivity contribution in [3.63, 3.8) is 0 Å². The van der Waals surface area contributed by atoms with E-state index in [0.717, 1.165) is 15.4 Å². The molecule has 1 aliphatic heterocycles. The van der Waals surface area contributed by atoms with Gasteiger partial charge in [0.1, 0.15) is 18.1 Å². The number of anilines is 1. The fraction of sp³-hybridized carbons (Fsp3) is 0.211. The maximum absolute atomic E-state index is 12.5. The van der Waals surface area contributed by atoms with Crippen LogP contribution >= 0.6 is 0 Å². The Hall–Kier alpha value is -3.35. The molecular weight excluding hydrogens is 336 g/mol. The number of aryl methyl sites for hydroxylation is 1. The van der Waals surface area contributed by atoms with E-state index in [-0.39, 0.29) is 13.2 Å². The number of rotatable bonds is 6. The first-order valence-electron chi connectivity index (χ1n) is 8.05. The van der Waals surface area contributed by atoms with Gasteiger partial charge in [0.2, 0.25) is 0 Å². The summed E-state index contributed by atoms with van der Waals surface area (Å²) in [4.78, 5) is 38.6. The molecule has 0 bridgehead atoms. The van der Waals surface area contributed by atoms with Gasteiger partial charge < -0.3 is 9.47 Å². The molecule has 134 valence electrons. The first-order chi connectivity index (χ1) is 12.5. The summed E-state index contributed by atoms with van der Waals surface area (Å²) in [5, 5.41) is 0. The molecule has 2 aromatic carbocycles. The average molecular weight is 354 g/mol. The van der Waals surface area contributed by atoms with E-state index in [9.17, 15) is 14.4 Å². The van der Waals surface area contributed by atoms with Crippen molar-refractivity contribution in [1.29, 1.82) is 0 Å². The van der Waals surface area contributed by atoms with Crippen LogP contribution in [0.5, 0.6) is 11.5 Å². The van der Waals surface area contributed by atoms with Gasteiger partial charge in [-0.3, -0.25) is 14.5 Å². The number of carbonyl (C=O) groups is 3. The number of ether oxygens (including phenoxy) is 2. The second-order valence-electron chi connectivity index (χ2n) is 5.69. The van der Waals surface area contributed by atoms with Crippen LogP contribution in [-0.4, -0.2) is 43.0 Å². The van der Waals surface area contributed by atoms with Crippen LogP contribution in [0.4, 0.5) is 10.5 Å². The number of nitrogens with zero attached hydrogens (tertiary/aromatic N) is 2. The fourth-order valence-electron chi connectivity index (χ4n) is 2.63. The number of amides is 4. The molecule has 0 radical (unpaired) electrons. The van der Waals surface area contributed by atoms with Crippen LogP contribution in [0, 0.1) is 6.92 Å². The van der Waals surface area contributed by atoms with Gasteiger partial charge in [-0.05, 0) is 42.8 Å². The van der Waals surface area contributed by atoms with Gasteiger partial charge in [0.25, 0.3) is 0 Å². The van der Waals surface area contributed by atoms with Gasteiger partial charge in [0.15, 0.2) is 0 Å². The standard InChI is InChI=1S/C19H18N2O5/c1-13-5-3-4-6-16(13)26-12-11-20-17(22)18(23)21(19(20)24)14-7-9-15(25-2)10-8-14/h3-10H,11-12H2,1-2H3. The zero-order valence-electron chi connectivity index (χ0n) is 14.5. The van der Waals surface area contributed by atoms with Crippen molar-refractivity contribution >= 4 is 23.5 Å². The normalized spacial score (nSPS) is 14.2. The molecule has 4 amide bonds. The van der Waals surface area contributed by atoms with E-state index in [2.05, 4.69) is 0 Å². The van der Waals surface area contributed by atoms with E-state index in [1.165, 1.54) is 7.11 Å². The van der Waals surface area contributed by atoms with E-state index in [4.69, 9.17) is 9.47 Å². The quantitative estimate of drug-likeness (QED) is 0.588. The summed E-state index contributed by atoms with van der Waals surface area (Å²) >= 11 is 0. The second-order valence-corrected chi connectivity index (χ2v) is 5.69. The van der Waals surface area contributed by atoms with Gasteiger partial charge in [0.05, 0.1) is 19.3 Å². The summed E-state index contributed by atoms with van der Waals surface area (Å²) in [5.41, 5.74) is 1.26. The first-order valence-corrected chi connectivity index (χ1v) is 8.05. The molecule has 0 N–H and O–H groups in total. The number of hydrogen-bond acceptors (Lipinski definition) is 5. The van der Waals surface area contributed by atoms with Crippen LogP contribution in [0.2, 0.25) is 0 Å². The molecule has 0 atom stereocenters. The maximum Gasteiger partial charge on any atom is 0.339 e. The van der Waals surface area contributed by atoms with Crippen molar-refractivity contribution in [3.05, 3.63) is 54.1 Å². The Kier molecular flexibility index (Phi) is 4.88. The highest BCUT2D eigenvalue weighted by molar-refractivity contribution is 6.52. The van der Waals surface area contributed by atoms with Gasteiger partial charge in [-0.2, -0.15) is 0 Å². The van der Waals surface area contributed by atoms with Gasteiger partial charge in [0, 0.05) is 0 Å². The zero-order valence-corrected chi connectivity index (χ0v) is 14.5. The molecule has 2 aromatic rings. The van der Waals surface area contributed by atoms with Gasteiger partial charge in [-0.25, -0.2) is 9.69 Å². The summed E-state index contributed by atoms with van der Waals surface area (Å²) in [6.07, 6.45) is 0. The molecule has 7 heteroatoms. The summed E-state index contributed by atoms with van der Waals surface area (Å²) in [6.45, 7) is 1.99. The summed E-state index contributed by atoms with van der Waals surface area (Å²) < 4.78 is 10.7. The predicted octanol–water partition coefficient (Wildman–Crippen LogP) is 2.38. The molecule has 0 saturated carbocycles. The summed E-state index contributed by atoms with van der Waals surface area (Å²) in [5.74, 6) is -0.483. The number of para-hydroxylation sites is 1. The van der Waals surface area contributed by atoms with Crippen LogP contribution in [0.1, 0.15) is 5.56 Å². The number of urea groups is 1. The smallest absolute Gasteiger partial charge is 0.339 e. The van der Waals surface area contributed by atoms with E-state index < -0.39 is 17.8 Å². The third-order valence-electron chi connectivity index (χ3n) is 4.05. The molecule has 3 rings (SSSR count). The highest BCUT2D eigenvalue weighted by atomic mass is 16.5. The maximum atomic E-state index is 12.5. The third-order valence-corrected chi connectivity index (χ3v) is 4.05. The van der Waals surface area contributed by atoms with Crippen molar-refractivity contribution in [2.45, 2.75) is 6.92 Å². The van der Waals surface area contributed by atoms with Crippen LogP contribution in [0.15, 0.2) is 48.5 Å². The highest BCUT2D eigenvalue weighted by Crippen LogP contribution is 2.24. The molecule has 1 heterocycles. The SMILES string of the molecule is COc1ccc(N2C(=O)C(=O)N(CCOc3ccccc3C)C2=O)cc1. The van der Waals surface area contributed by atoms with Crippen molar-refractivity contribution in [2.24, 2.45) is 0 Å². The van der Waals surface area contributed by atoms with Crippen molar-refractivity contribution < 1.29 is 23.9 Å². The van der Waals surface area contributed by atoms with Gasteiger partial charge in [-0.15, -0.1) is 0 Å². The third kappa shape index (κ3) is 3.23. The van der Waals surface area contributed by atoms with E-state index >= 15 is 0 Å². The van der Waals surface area contributed by atoms with E-state index in [1.807, 2.05) is 25.1 Å². The Bertz CT molecular complexity index is 847. The topological polar surface area (TPSA) is 76.2 Å². The monoisotopic (exact) mass is 354 g/mol. The number of hydrogen-bond donors (Lipinski definition) is 0. The molecule has 26 heavy (non-hydrogen) atoms. The van der Waals surface area contributed by atoms with Crippen LogP contribution in [0.3, 0.4) is 0 Å². The minimum absolute atomic E-state index is 0.00953. The Balaban J connectivity index is 1.69. The predicted molar refractivity (Wildman–Crippen MR) is 94.3 cm³/mol. The van der Waals surface area contributed by atoms with Gasteiger partial charge >= 0.3 is 17.8 Å². The van der Waals surface area contributed by atoms with Crippen LogP contribution < -0.4 is 14.4 Å².